The van der Waals surface area contributed by atoms with Gasteiger partial charge in [0.1, 0.15) is 22.7 Å². The summed E-state index contributed by atoms with van der Waals surface area (Å²) in [5.74, 6) is 1.32. The number of amidine groups is 1. The maximum Gasteiger partial charge on any atom is 0.326 e. The first-order valence-corrected chi connectivity index (χ1v) is 17.6. The van der Waals surface area contributed by atoms with Gasteiger partial charge in [-0.05, 0) is 113 Å². The minimum Gasteiger partial charge on any atom is -0.490 e. The van der Waals surface area contributed by atoms with Crippen molar-refractivity contribution >= 4 is 35.1 Å². The number of halogens is 2. The molecule has 1 unspecified atom stereocenters. The lowest BCUT2D eigenvalue weighted by atomic mass is 9.71. The number of rotatable bonds is 5. The van der Waals surface area contributed by atoms with Crippen LogP contribution in [-0.2, 0) is 16.5 Å². The van der Waals surface area contributed by atoms with Crippen LogP contribution in [0.1, 0.15) is 90.5 Å². The standard InChI is InChI=1S/C39H48Cl2N4O2/c1-26(2)47-33-24-29(36(3,4)5)14-19-32(33)34-42-38(7,27-10-15-30(40)16-11-27)39(8,28-12-17-31(41)18-13-28)45(34)35(46)43-22-23-44-21-9-20-37(44,6)25-43/h10-19,24,26H,9,20-23,25H2,1-8H3/t37?,38-,39+/m0/s1. The van der Waals surface area contributed by atoms with Crippen LogP contribution in [0.15, 0.2) is 71.7 Å². The predicted molar refractivity (Wildman–Crippen MR) is 193 cm³/mol. The smallest absolute Gasteiger partial charge is 0.326 e. The Kier molecular flexibility index (Phi) is 8.72. The Morgan fingerprint density at radius 2 is 1.49 bits per heavy atom. The van der Waals surface area contributed by atoms with Crippen LogP contribution in [0.3, 0.4) is 0 Å². The summed E-state index contributed by atoms with van der Waals surface area (Å²) in [6.07, 6.45) is 2.16. The first-order chi connectivity index (χ1) is 22.1. The number of carbonyl (C=O) groups is 1. The van der Waals surface area contributed by atoms with Gasteiger partial charge in [0.05, 0.1) is 11.7 Å². The number of piperazine rings is 1. The number of amides is 2. The zero-order chi connectivity index (χ0) is 33.9. The van der Waals surface area contributed by atoms with E-state index in [-0.39, 0.29) is 23.1 Å². The van der Waals surface area contributed by atoms with Gasteiger partial charge in [-0.15, -0.1) is 0 Å². The topological polar surface area (TPSA) is 48.4 Å². The van der Waals surface area contributed by atoms with E-state index in [1.54, 1.807) is 0 Å². The van der Waals surface area contributed by atoms with Gasteiger partial charge in [0.2, 0.25) is 0 Å². The second kappa shape index (κ2) is 12.1. The van der Waals surface area contributed by atoms with Crippen LogP contribution in [0.2, 0.25) is 10.0 Å². The molecule has 2 amide bonds. The van der Waals surface area contributed by atoms with Crippen molar-refractivity contribution in [1.29, 1.82) is 0 Å². The summed E-state index contributed by atoms with van der Waals surface area (Å²) in [5.41, 5.74) is 1.88. The molecule has 2 saturated heterocycles. The minimum atomic E-state index is -0.941. The van der Waals surface area contributed by atoms with Crippen molar-refractivity contribution in [2.24, 2.45) is 4.99 Å². The van der Waals surface area contributed by atoms with Gasteiger partial charge in [-0.2, -0.15) is 0 Å². The summed E-state index contributed by atoms with van der Waals surface area (Å²) in [6.45, 7) is 20.5. The van der Waals surface area contributed by atoms with E-state index in [9.17, 15) is 0 Å². The van der Waals surface area contributed by atoms with Crippen molar-refractivity contribution in [1.82, 2.24) is 14.7 Å². The summed E-state index contributed by atoms with van der Waals surface area (Å²) in [6, 6.07) is 22.0. The van der Waals surface area contributed by atoms with Crippen molar-refractivity contribution in [3.05, 3.63) is 99.0 Å². The number of benzene rings is 3. The van der Waals surface area contributed by atoms with E-state index in [1.807, 2.05) is 72.2 Å². The van der Waals surface area contributed by atoms with Crippen LogP contribution in [0.4, 0.5) is 4.79 Å². The van der Waals surface area contributed by atoms with Gasteiger partial charge < -0.3 is 9.64 Å². The fraction of sp³-hybridized carbons (Fsp3) is 0.487. The Morgan fingerprint density at radius 3 is 2.09 bits per heavy atom. The maximum atomic E-state index is 15.4. The van der Waals surface area contributed by atoms with E-state index in [4.69, 9.17) is 32.9 Å². The van der Waals surface area contributed by atoms with Gasteiger partial charge in [-0.1, -0.05) is 74.3 Å². The molecule has 0 bridgehead atoms. The molecule has 2 fully saturated rings. The molecular formula is C39H48Cl2N4O2. The van der Waals surface area contributed by atoms with Crippen LogP contribution in [-0.4, -0.2) is 64.4 Å². The van der Waals surface area contributed by atoms with Gasteiger partial charge in [-0.3, -0.25) is 14.8 Å². The highest BCUT2D eigenvalue weighted by molar-refractivity contribution is 6.30. The summed E-state index contributed by atoms with van der Waals surface area (Å²) >= 11 is 12.9. The highest BCUT2D eigenvalue weighted by Crippen LogP contribution is 2.54. The van der Waals surface area contributed by atoms with Gasteiger partial charge in [0.15, 0.2) is 0 Å². The van der Waals surface area contributed by atoms with Gasteiger partial charge in [0.25, 0.3) is 0 Å². The Balaban J connectivity index is 1.60. The van der Waals surface area contributed by atoms with Crippen molar-refractivity contribution in [3.8, 4) is 5.75 Å². The lowest BCUT2D eigenvalue weighted by Crippen LogP contribution is -2.64. The van der Waals surface area contributed by atoms with Crippen molar-refractivity contribution in [2.75, 3.05) is 26.2 Å². The molecule has 0 radical (unpaired) electrons. The summed E-state index contributed by atoms with van der Waals surface area (Å²) in [5, 5.41) is 1.28. The van der Waals surface area contributed by atoms with E-state index in [0.29, 0.717) is 29.0 Å². The quantitative estimate of drug-likeness (QED) is 0.271. The Labute approximate surface area is 290 Å². The van der Waals surface area contributed by atoms with E-state index in [2.05, 4.69) is 64.6 Å². The molecule has 47 heavy (non-hydrogen) atoms. The highest BCUT2D eigenvalue weighted by Gasteiger charge is 2.61. The molecule has 0 N–H and O–H groups in total. The third-order valence-corrected chi connectivity index (χ3v) is 11.2. The van der Waals surface area contributed by atoms with E-state index in [0.717, 1.165) is 53.9 Å². The van der Waals surface area contributed by atoms with Crippen LogP contribution in [0.25, 0.3) is 0 Å². The van der Waals surface area contributed by atoms with Gasteiger partial charge in [-0.25, -0.2) is 4.79 Å². The monoisotopic (exact) mass is 674 g/mol. The molecular weight excluding hydrogens is 627 g/mol. The van der Waals surface area contributed by atoms with Crippen molar-refractivity contribution < 1.29 is 9.53 Å². The lowest BCUT2D eigenvalue weighted by molar-refractivity contribution is 0.0381. The van der Waals surface area contributed by atoms with Crippen LogP contribution in [0.5, 0.6) is 5.75 Å². The molecule has 250 valence electrons. The molecule has 3 aromatic carbocycles. The fourth-order valence-electron chi connectivity index (χ4n) is 7.77. The summed E-state index contributed by atoms with van der Waals surface area (Å²) in [4.78, 5) is 27.5. The molecule has 8 heteroatoms. The molecule has 0 saturated carbocycles. The van der Waals surface area contributed by atoms with Crippen LogP contribution in [0, 0.1) is 0 Å². The molecule has 3 aromatic rings. The number of nitrogens with zero attached hydrogens (tertiary/aromatic N) is 4. The molecule has 3 aliphatic heterocycles. The lowest BCUT2D eigenvalue weighted by Gasteiger charge is -2.50. The number of hydrogen-bond acceptors (Lipinski definition) is 4. The zero-order valence-corrected chi connectivity index (χ0v) is 30.5. The Morgan fingerprint density at radius 1 is 0.872 bits per heavy atom. The molecule has 3 heterocycles. The molecule has 0 spiro atoms. The third-order valence-electron chi connectivity index (χ3n) is 10.7. The largest absolute Gasteiger partial charge is 0.490 e. The predicted octanol–water partition coefficient (Wildman–Crippen LogP) is 9.26. The number of urea groups is 1. The Hall–Kier alpha value is -3.06. The average molecular weight is 676 g/mol. The first-order valence-electron chi connectivity index (χ1n) is 16.8. The molecule has 3 aliphatic rings. The molecule has 0 aromatic heterocycles. The average Bonchev–Trinajstić information content (AvgIpc) is 3.51. The summed E-state index contributed by atoms with van der Waals surface area (Å²) < 4.78 is 6.55. The fourth-order valence-corrected chi connectivity index (χ4v) is 8.02. The SMILES string of the molecule is CC(C)Oc1cc(C(C)(C)C)ccc1C1=N[C@@](C)(c2ccc(Cl)cc2)[C@@](C)(c2ccc(Cl)cc2)N1C(=O)N1CCN2CCCC2(C)C1. The third kappa shape index (κ3) is 5.85. The molecule has 0 aliphatic carbocycles. The number of hydrogen-bond donors (Lipinski definition) is 0. The van der Waals surface area contributed by atoms with Gasteiger partial charge in [0, 0.05) is 35.2 Å². The first kappa shape index (κ1) is 33.8. The second-order valence-corrected chi connectivity index (χ2v) is 16.2. The normalized spacial score (nSPS) is 26.5. The van der Waals surface area contributed by atoms with Crippen LogP contribution >= 0.6 is 23.2 Å². The Bertz CT molecular complexity index is 1680. The molecule has 6 nitrogen and oxygen atoms in total. The van der Waals surface area contributed by atoms with Crippen LogP contribution < -0.4 is 4.74 Å². The molecule has 3 atom stereocenters. The molecule has 6 rings (SSSR count). The minimum absolute atomic E-state index is 0.0403. The van der Waals surface area contributed by atoms with E-state index < -0.39 is 11.1 Å². The number of carbonyl (C=O) groups excluding carboxylic acids is 1. The summed E-state index contributed by atoms with van der Waals surface area (Å²) in [7, 11) is 0. The number of fused-ring (bicyclic) bond motifs is 1. The van der Waals surface area contributed by atoms with Crippen molar-refractivity contribution in [2.45, 2.75) is 96.4 Å². The number of ether oxygens (including phenoxy) is 1. The highest BCUT2D eigenvalue weighted by atomic mass is 35.5. The number of aliphatic imine (C=N–C) groups is 1. The van der Waals surface area contributed by atoms with E-state index >= 15 is 4.79 Å². The van der Waals surface area contributed by atoms with Gasteiger partial charge >= 0.3 is 6.03 Å². The van der Waals surface area contributed by atoms with E-state index in [1.165, 1.54) is 0 Å². The second-order valence-electron chi connectivity index (χ2n) is 15.3. The maximum absolute atomic E-state index is 15.4. The zero-order valence-electron chi connectivity index (χ0n) is 29.0. The van der Waals surface area contributed by atoms with Crippen molar-refractivity contribution in [3.63, 3.8) is 0 Å².